The zero-order chi connectivity index (χ0) is 12.8. The van der Waals surface area contributed by atoms with Crippen LogP contribution in [0, 0.1) is 5.41 Å². The molecule has 0 unspecified atom stereocenters. The number of carbonyl (C=O) groups is 1. The SMILES string of the molecule is O=C(OCC(CO)(CO)CO)C(S)(S)OS. The molecule has 0 atom stereocenters. The fourth-order valence-electron chi connectivity index (χ4n) is 0.637. The quantitative estimate of drug-likeness (QED) is 0.154. The minimum absolute atomic E-state index is 0.394. The van der Waals surface area contributed by atoms with Crippen molar-refractivity contribution >= 4 is 44.1 Å². The van der Waals surface area contributed by atoms with Gasteiger partial charge < -0.3 is 20.1 Å². The van der Waals surface area contributed by atoms with Crippen LogP contribution in [0.25, 0.3) is 0 Å². The molecule has 0 fully saturated rings. The monoisotopic (exact) mass is 290 g/mol. The van der Waals surface area contributed by atoms with E-state index in [2.05, 4.69) is 42.4 Å². The van der Waals surface area contributed by atoms with Crippen LogP contribution < -0.4 is 0 Å². The zero-order valence-corrected chi connectivity index (χ0v) is 10.9. The second-order valence-electron chi connectivity index (χ2n) is 3.25. The number of ether oxygens (including phenoxy) is 1. The summed E-state index contributed by atoms with van der Waals surface area (Å²) in [6.45, 7) is -2.02. The van der Waals surface area contributed by atoms with E-state index in [9.17, 15) is 4.79 Å². The van der Waals surface area contributed by atoms with Gasteiger partial charge in [-0.2, -0.15) is 0 Å². The van der Waals surface area contributed by atoms with Gasteiger partial charge in [0.2, 0.25) is 0 Å². The van der Waals surface area contributed by atoms with Crippen molar-refractivity contribution in [2.24, 2.45) is 5.41 Å². The van der Waals surface area contributed by atoms with Crippen LogP contribution in [0.1, 0.15) is 0 Å². The molecule has 0 aliphatic heterocycles. The van der Waals surface area contributed by atoms with Gasteiger partial charge in [0.1, 0.15) is 6.61 Å². The molecular formula is C7H14O6S3. The van der Waals surface area contributed by atoms with Crippen LogP contribution in [0.5, 0.6) is 0 Å². The number of hydrogen-bond donors (Lipinski definition) is 6. The molecule has 0 rings (SSSR count). The third kappa shape index (κ3) is 4.32. The Kier molecular flexibility index (Phi) is 7.10. The summed E-state index contributed by atoms with van der Waals surface area (Å²) in [6.07, 6.45) is 0. The van der Waals surface area contributed by atoms with Crippen molar-refractivity contribution in [3.05, 3.63) is 0 Å². The second kappa shape index (κ2) is 6.94. The molecule has 0 aliphatic carbocycles. The number of thiol groups is 3. The van der Waals surface area contributed by atoms with Gasteiger partial charge in [0.05, 0.1) is 25.2 Å². The number of carbonyl (C=O) groups excluding carboxylic acids is 1. The molecule has 96 valence electrons. The summed E-state index contributed by atoms with van der Waals surface area (Å²) in [5.41, 5.74) is -1.30. The minimum atomic E-state index is -1.84. The maximum Gasteiger partial charge on any atom is 0.360 e. The maximum absolute atomic E-state index is 11.3. The van der Waals surface area contributed by atoms with Crippen molar-refractivity contribution in [2.75, 3.05) is 26.4 Å². The molecule has 0 spiro atoms. The van der Waals surface area contributed by atoms with E-state index < -0.39 is 42.1 Å². The smallest absolute Gasteiger partial charge is 0.360 e. The maximum atomic E-state index is 11.3. The summed E-state index contributed by atoms with van der Waals surface area (Å²) in [5.74, 6) is -0.964. The molecule has 16 heavy (non-hydrogen) atoms. The zero-order valence-electron chi connectivity index (χ0n) is 8.24. The number of esters is 1. The minimum Gasteiger partial charge on any atom is -0.461 e. The van der Waals surface area contributed by atoms with Gasteiger partial charge in [-0.05, 0) is 12.9 Å². The van der Waals surface area contributed by atoms with Gasteiger partial charge in [-0.3, -0.25) is 4.18 Å². The van der Waals surface area contributed by atoms with E-state index in [1.165, 1.54) is 0 Å². The van der Waals surface area contributed by atoms with Crippen LogP contribution in [0.2, 0.25) is 0 Å². The lowest BCUT2D eigenvalue weighted by Crippen LogP contribution is -2.41. The van der Waals surface area contributed by atoms with Gasteiger partial charge in [0.25, 0.3) is 4.27 Å². The third-order valence-electron chi connectivity index (χ3n) is 1.91. The molecular weight excluding hydrogens is 276 g/mol. The summed E-state index contributed by atoms with van der Waals surface area (Å²) >= 11 is 10.8. The van der Waals surface area contributed by atoms with Crippen molar-refractivity contribution in [2.45, 2.75) is 4.27 Å². The van der Waals surface area contributed by atoms with Gasteiger partial charge in [0, 0.05) is 0 Å². The van der Waals surface area contributed by atoms with E-state index >= 15 is 0 Å². The number of aliphatic hydroxyl groups excluding tert-OH is 3. The predicted octanol–water partition coefficient (Wildman–Crippen LogP) is -1.13. The Morgan fingerprint density at radius 2 is 1.56 bits per heavy atom. The molecule has 0 aromatic rings. The fraction of sp³-hybridized carbons (Fsp3) is 0.857. The first-order valence-electron chi connectivity index (χ1n) is 4.14. The molecule has 9 heteroatoms. The first-order chi connectivity index (χ1) is 7.37. The Balaban J connectivity index is 4.38. The van der Waals surface area contributed by atoms with Crippen LogP contribution >= 0.6 is 38.2 Å². The molecule has 0 bridgehead atoms. The van der Waals surface area contributed by atoms with Gasteiger partial charge >= 0.3 is 5.97 Å². The molecule has 0 heterocycles. The first kappa shape index (κ1) is 16.4. The summed E-state index contributed by atoms with van der Waals surface area (Å²) in [5, 5.41) is 26.9. The standard InChI is InChI=1S/C7H14O6S3/c8-1-6(2-9,3-10)4-12-5(11)7(14,15)13-16/h8-10,14-16H,1-4H2. The lowest BCUT2D eigenvalue weighted by Gasteiger charge is -2.28. The average Bonchev–Trinajstić information content (AvgIpc) is 2.31. The van der Waals surface area contributed by atoms with Crippen LogP contribution in [-0.2, 0) is 13.7 Å². The molecule has 0 saturated heterocycles. The van der Waals surface area contributed by atoms with Gasteiger partial charge in [0.15, 0.2) is 0 Å². The van der Waals surface area contributed by atoms with E-state index in [4.69, 9.17) is 20.1 Å². The first-order valence-corrected chi connectivity index (χ1v) is 5.40. The van der Waals surface area contributed by atoms with E-state index in [1.54, 1.807) is 0 Å². The topological polar surface area (TPSA) is 96.2 Å². The Morgan fingerprint density at radius 1 is 1.12 bits per heavy atom. The largest absolute Gasteiger partial charge is 0.461 e. The average molecular weight is 290 g/mol. The van der Waals surface area contributed by atoms with Crippen molar-refractivity contribution < 1.29 is 29.0 Å². The van der Waals surface area contributed by atoms with Crippen molar-refractivity contribution in [1.82, 2.24) is 0 Å². The molecule has 0 aromatic carbocycles. The highest BCUT2D eigenvalue weighted by Crippen LogP contribution is 2.26. The van der Waals surface area contributed by atoms with Gasteiger partial charge in [-0.1, -0.05) is 0 Å². The van der Waals surface area contributed by atoms with Crippen molar-refractivity contribution in [3.8, 4) is 0 Å². The molecule has 0 amide bonds. The summed E-state index contributed by atoms with van der Waals surface area (Å²) < 4.78 is 7.18. The Labute approximate surface area is 109 Å². The molecule has 0 radical (unpaired) electrons. The number of aliphatic hydroxyl groups is 3. The van der Waals surface area contributed by atoms with Crippen LogP contribution in [-0.4, -0.2) is 52.0 Å². The van der Waals surface area contributed by atoms with Gasteiger partial charge in [-0.25, -0.2) is 4.79 Å². The second-order valence-corrected chi connectivity index (χ2v) is 5.04. The van der Waals surface area contributed by atoms with E-state index in [-0.39, 0.29) is 0 Å². The van der Waals surface area contributed by atoms with Gasteiger partial charge in [-0.15, -0.1) is 25.3 Å². The van der Waals surface area contributed by atoms with Crippen LogP contribution in [0.4, 0.5) is 0 Å². The lowest BCUT2D eigenvalue weighted by atomic mass is 9.93. The molecule has 0 saturated carbocycles. The van der Waals surface area contributed by atoms with E-state index in [0.29, 0.717) is 0 Å². The Bertz CT molecular complexity index is 222. The summed E-state index contributed by atoms with van der Waals surface area (Å²) in [7, 11) is 0. The number of hydrogen-bond acceptors (Lipinski definition) is 9. The molecule has 0 aliphatic rings. The van der Waals surface area contributed by atoms with E-state index in [0.717, 1.165) is 0 Å². The molecule has 3 N–H and O–H groups in total. The normalized spacial score (nSPS) is 12.6. The highest BCUT2D eigenvalue weighted by Gasteiger charge is 2.36. The lowest BCUT2D eigenvalue weighted by molar-refractivity contribution is -0.156. The summed E-state index contributed by atoms with van der Waals surface area (Å²) in [6, 6.07) is 0. The van der Waals surface area contributed by atoms with Crippen molar-refractivity contribution in [1.29, 1.82) is 0 Å². The summed E-state index contributed by atoms with van der Waals surface area (Å²) in [4.78, 5) is 11.3. The number of rotatable bonds is 7. The van der Waals surface area contributed by atoms with Crippen LogP contribution in [0.15, 0.2) is 0 Å². The van der Waals surface area contributed by atoms with Crippen molar-refractivity contribution in [3.63, 3.8) is 0 Å². The Hall–Kier alpha value is 0.360. The highest BCUT2D eigenvalue weighted by molar-refractivity contribution is 8.02. The molecule has 0 aromatic heterocycles. The Morgan fingerprint density at radius 3 is 1.88 bits per heavy atom. The molecule has 6 nitrogen and oxygen atoms in total. The predicted molar refractivity (Wildman–Crippen MR) is 65.4 cm³/mol. The highest BCUT2D eigenvalue weighted by atomic mass is 32.2. The third-order valence-corrected chi connectivity index (χ3v) is 3.02. The fourth-order valence-corrected chi connectivity index (χ4v) is 0.840. The van der Waals surface area contributed by atoms with Crippen LogP contribution in [0.3, 0.4) is 0 Å². The van der Waals surface area contributed by atoms with E-state index in [1.807, 2.05) is 0 Å².